The minimum atomic E-state index is 0.00986. The van der Waals surface area contributed by atoms with E-state index in [2.05, 4.69) is 37.9 Å². The highest BCUT2D eigenvalue weighted by Gasteiger charge is 2.26. The summed E-state index contributed by atoms with van der Waals surface area (Å²) in [4.78, 5) is 16.0. The number of carbonyl (C=O) groups excluding carboxylic acids is 1. The van der Waals surface area contributed by atoms with Gasteiger partial charge in [0.15, 0.2) is 5.82 Å². The number of thiophene rings is 1. The summed E-state index contributed by atoms with van der Waals surface area (Å²) in [5.41, 5.74) is 3.99. The lowest BCUT2D eigenvalue weighted by Gasteiger charge is -2.16. The summed E-state index contributed by atoms with van der Waals surface area (Å²) in [6, 6.07) is 12.3. The van der Waals surface area contributed by atoms with Crippen LogP contribution in [0.5, 0.6) is 0 Å². The van der Waals surface area contributed by atoms with Crippen LogP contribution < -0.4 is 10.2 Å². The van der Waals surface area contributed by atoms with E-state index in [-0.39, 0.29) is 11.9 Å². The van der Waals surface area contributed by atoms with E-state index < -0.39 is 0 Å². The first-order valence-corrected chi connectivity index (χ1v) is 9.70. The zero-order valence-electron chi connectivity index (χ0n) is 15.0. The van der Waals surface area contributed by atoms with Crippen LogP contribution in [0.1, 0.15) is 27.9 Å². The molecule has 4 rings (SSSR count). The number of rotatable bonds is 4. The highest BCUT2D eigenvalue weighted by Crippen LogP contribution is 2.27. The molecular formula is C20H22N4OS. The third-order valence-corrected chi connectivity index (χ3v) is 5.73. The lowest BCUT2D eigenvalue weighted by atomic mass is 10.0. The van der Waals surface area contributed by atoms with Crippen LogP contribution in [0.3, 0.4) is 0 Å². The smallest absolute Gasteiger partial charge is 0.251 e. The number of aryl methyl sites for hydroxylation is 2. The first-order chi connectivity index (χ1) is 12.6. The summed E-state index contributed by atoms with van der Waals surface area (Å²) < 4.78 is 0. The number of anilines is 1. The van der Waals surface area contributed by atoms with Crippen molar-refractivity contribution in [1.29, 1.82) is 0 Å². The van der Waals surface area contributed by atoms with Crippen LogP contribution in [-0.2, 0) is 0 Å². The molecule has 0 radical (unpaired) electrons. The molecule has 0 spiro atoms. The van der Waals surface area contributed by atoms with Gasteiger partial charge in [-0.15, -0.1) is 11.3 Å². The summed E-state index contributed by atoms with van der Waals surface area (Å²) in [5.74, 6) is 0.951. The molecule has 0 saturated carbocycles. The lowest BCUT2D eigenvalue weighted by molar-refractivity contribution is 0.0940. The fourth-order valence-corrected chi connectivity index (χ4v) is 4.14. The van der Waals surface area contributed by atoms with E-state index in [1.54, 1.807) is 11.3 Å². The highest BCUT2D eigenvalue weighted by molar-refractivity contribution is 7.13. The molecule has 0 unspecified atom stereocenters. The number of benzene rings is 1. The van der Waals surface area contributed by atoms with Crippen molar-refractivity contribution in [1.82, 2.24) is 15.5 Å². The number of H-pyrrole nitrogens is 1. The third-order valence-electron chi connectivity index (χ3n) is 4.82. The first-order valence-electron chi connectivity index (χ1n) is 8.82. The average molecular weight is 366 g/mol. The van der Waals surface area contributed by atoms with Crippen LogP contribution in [0, 0.1) is 13.8 Å². The Bertz CT molecular complexity index is 916. The van der Waals surface area contributed by atoms with Crippen LogP contribution >= 0.6 is 11.3 Å². The quantitative estimate of drug-likeness (QED) is 0.739. The van der Waals surface area contributed by atoms with Crippen molar-refractivity contribution < 1.29 is 4.79 Å². The molecule has 0 bridgehead atoms. The predicted molar refractivity (Wildman–Crippen MR) is 106 cm³/mol. The first kappa shape index (κ1) is 16.8. The predicted octanol–water partition coefficient (Wildman–Crippen LogP) is 3.76. The van der Waals surface area contributed by atoms with Crippen LogP contribution in [-0.4, -0.2) is 35.2 Å². The number of aromatic amines is 1. The molecule has 1 aromatic carbocycles. The second kappa shape index (κ2) is 6.96. The summed E-state index contributed by atoms with van der Waals surface area (Å²) in [7, 11) is 0. The van der Waals surface area contributed by atoms with Gasteiger partial charge in [-0.3, -0.25) is 9.89 Å². The number of nitrogens with one attached hydrogen (secondary N) is 2. The van der Waals surface area contributed by atoms with Gasteiger partial charge in [0.1, 0.15) is 0 Å². The van der Waals surface area contributed by atoms with E-state index in [1.165, 1.54) is 10.4 Å². The van der Waals surface area contributed by atoms with Gasteiger partial charge in [0.2, 0.25) is 0 Å². The normalized spacial score (nSPS) is 16.8. The molecule has 3 heterocycles. The molecule has 1 aliphatic rings. The number of nitrogens with zero attached hydrogens (tertiary/aromatic N) is 2. The number of hydrogen-bond acceptors (Lipinski definition) is 4. The van der Waals surface area contributed by atoms with E-state index in [1.807, 2.05) is 38.1 Å². The lowest BCUT2D eigenvalue weighted by Crippen LogP contribution is -2.37. The minimum absolute atomic E-state index is 0.00986. The van der Waals surface area contributed by atoms with E-state index >= 15 is 0 Å². The summed E-state index contributed by atoms with van der Waals surface area (Å²) in [6.07, 6.45) is 0.928. The number of hydrogen-bond donors (Lipinski definition) is 2. The minimum Gasteiger partial charge on any atom is -0.353 e. The summed E-state index contributed by atoms with van der Waals surface area (Å²) >= 11 is 1.69. The maximum atomic E-state index is 12.6. The monoisotopic (exact) mass is 366 g/mol. The van der Waals surface area contributed by atoms with E-state index in [4.69, 9.17) is 0 Å². The molecule has 2 aromatic heterocycles. The number of amides is 1. The third kappa shape index (κ3) is 3.37. The number of carbonyl (C=O) groups is 1. The van der Waals surface area contributed by atoms with Gasteiger partial charge in [-0.05, 0) is 43.3 Å². The van der Waals surface area contributed by atoms with Gasteiger partial charge in [-0.1, -0.05) is 23.8 Å². The average Bonchev–Trinajstić information content (AvgIpc) is 3.35. The Labute approximate surface area is 157 Å². The maximum Gasteiger partial charge on any atom is 0.251 e. The summed E-state index contributed by atoms with van der Waals surface area (Å²) in [5, 5.41) is 12.8. The van der Waals surface area contributed by atoms with Crippen LogP contribution in [0.4, 0.5) is 5.82 Å². The van der Waals surface area contributed by atoms with Gasteiger partial charge in [-0.25, -0.2) is 0 Å². The highest BCUT2D eigenvalue weighted by atomic mass is 32.1. The molecule has 1 atom stereocenters. The van der Waals surface area contributed by atoms with E-state index in [0.717, 1.165) is 42.1 Å². The van der Waals surface area contributed by atoms with Crippen molar-refractivity contribution in [3.05, 3.63) is 58.5 Å². The van der Waals surface area contributed by atoms with Gasteiger partial charge < -0.3 is 10.2 Å². The van der Waals surface area contributed by atoms with Crippen LogP contribution in [0.2, 0.25) is 0 Å². The Morgan fingerprint density at radius 3 is 2.96 bits per heavy atom. The zero-order valence-corrected chi connectivity index (χ0v) is 15.8. The molecule has 26 heavy (non-hydrogen) atoms. The molecule has 5 nitrogen and oxygen atoms in total. The Morgan fingerprint density at radius 2 is 2.19 bits per heavy atom. The summed E-state index contributed by atoms with van der Waals surface area (Å²) in [6.45, 7) is 5.70. The van der Waals surface area contributed by atoms with Crippen molar-refractivity contribution >= 4 is 23.1 Å². The van der Waals surface area contributed by atoms with Gasteiger partial charge in [0, 0.05) is 30.8 Å². The fourth-order valence-electron chi connectivity index (χ4n) is 3.45. The van der Waals surface area contributed by atoms with Crippen molar-refractivity contribution in [2.75, 3.05) is 18.0 Å². The van der Waals surface area contributed by atoms with Gasteiger partial charge in [0.25, 0.3) is 5.91 Å². The SMILES string of the molecule is Cc1ccc(C(=O)N[C@H]2CCN(c3cc(-c4cccs4)[nH]n3)C2)c(C)c1. The molecule has 3 aromatic rings. The molecule has 1 amide bonds. The molecule has 2 N–H and O–H groups in total. The van der Waals surface area contributed by atoms with Crippen LogP contribution in [0.25, 0.3) is 10.6 Å². The van der Waals surface area contributed by atoms with Gasteiger partial charge >= 0.3 is 0 Å². The standard InChI is InChI=1S/C20H22N4OS/c1-13-5-6-16(14(2)10-13)20(25)21-15-7-8-24(12-15)19-11-17(22-23-19)18-4-3-9-26-18/h3-6,9-11,15H,7-8,12H2,1-2H3,(H,21,25)(H,22,23)/t15-/m0/s1. The van der Waals surface area contributed by atoms with Crippen molar-refractivity contribution in [2.45, 2.75) is 26.3 Å². The molecule has 1 saturated heterocycles. The molecule has 134 valence electrons. The molecule has 6 heteroatoms. The molecule has 1 aliphatic heterocycles. The van der Waals surface area contributed by atoms with Crippen molar-refractivity contribution in [3.63, 3.8) is 0 Å². The van der Waals surface area contributed by atoms with Crippen molar-refractivity contribution in [2.24, 2.45) is 0 Å². The van der Waals surface area contributed by atoms with Gasteiger partial charge in [-0.2, -0.15) is 5.10 Å². The zero-order chi connectivity index (χ0) is 18.1. The second-order valence-corrected chi connectivity index (χ2v) is 7.79. The van der Waals surface area contributed by atoms with E-state index in [0.29, 0.717) is 0 Å². The Hall–Kier alpha value is -2.60. The maximum absolute atomic E-state index is 12.6. The Balaban J connectivity index is 1.40. The largest absolute Gasteiger partial charge is 0.353 e. The van der Waals surface area contributed by atoms with Crippen LogP contribution in [0.15, 0.2) is 41.8 Å². The second-order valence-electron chi connectivity index (χ2n) is 6.84. The van der Waals surface area contributed by atoms with E-state index in [9.17, 15) is 4.79 Å². The molecule has 1 fully saturated rings. The Morgan fingerprint density at radius 1 is 1.31 bits per heavy atom. The molecular weight excluding hydrogens is 344 g/mol. The topological polar surface area (TPSA) is 61.0 Å². The number of aromatic nitrogens is 2. The van der Waals surface area contributed by atoms with Crippen molar-refractivity contribution in [3.8, 4) is 10.6 Å². The van der Waals surface area contributed by atoms with Gasteiger partial charge in [0.05, 0.1) is 10.6 Å². The molecule has 0 aliphatic carbocycles. The fraction of sp³-hybridized carbons (Fsp3) is 0.300. The Kier molecular flexibility index (Phi) is 4.51.